The van der Waals surface area contributed by atoms with Crippen LogP contribution in [0.1, 0.15) is 12.8 Å². The summed E-state index contributed by atoms with van der Waals surface area (Å²) in [7, 11) is -4.04. The maximum atomic E-state index is 12.6. The molecule has 1 aliphatic heterocycles. The van der Waals surface area contributed by atoms with Crippen LogP contribution in [0.3, 0.4) is 0 Å². The molecule has 0 bridgehead atoms. The summed E-state index contributed by atoms with van der Waals surface area (Å²) >= 11 is 5.82. The Bertz CT molecular complexity index is 912. The van der Waals surface area contributed by atoms with Gasteiger partial charge < -0.3 is 19.8 Å². The van der Waals surface area contributed by atoms with Gasteiger partial charge in [-0.1, -0.05) is 11.6 Å². The Morgan fingerprint density at radius 1 is 1.10 bits per heavy atom. The molecule has 9 nitrogen and oxygen atoms in total. The molecule has 3 rings (SSSR count). The van der Waals surface area contributed by atoms with Crippen molar-refractivity contribution in [1.29, 1.82) is 0 Å². The van der Waals surface area contributed by atoms with Gasteiger partial charge in [-0.25, -0.2) is 14.3 Å². The standard InChI is InChI=1S/C18H18ClNO6S.H3NO/c19-13-2-4-14(5-3-13)26-15-6-8-16(9-7-15)27(23,24)20-18(17(21)22)10-1-11-25-12-18;1-2/h2-9,20H,1,10-12H2,(H,21,22);2H,1H2. The topological polar surface area (TPSA) is 148 Å². The highest BCUT2D eigenvalue weighted by Gasteiger charge is 2.44. The van der Waals surface area contributed by atoms with E-state index < -0.39 is 21.5 Å². The van der Waals surface area contributed by atoms with Crippen LogP contribution in [-0.4, -0.2) is 43.5 Å². The normalized spacial score (nSPS) is 19.0. The van der Waals surface area contributed by atoms with E-state index in [1.807, 2.05) is 0 Å². The van der Waals surface area contributed by atoms with Gasteiger partial charge in [0.1, 0.15) is 11.5 Å². The van der Waals surface area contributed by atoms with Crippen LogP contribution in [0, 0.1) is 0 Å². The second-order valence-electron chi connectivity index (χ2n) is 6.18. The summed E-state index contributed by atoms with van der Waals surface area (Å²) in [6.07, 6.45) is 0.627. The maximum absolute atomic E-state index is 12.6. The summed E-state index contributed by atoms with van der Waals surface area (Å²) in [6, 6.07) is 12.4. The molecular weight excluding hydrogens is 424 g/mol. The molecule has 2 aromatic rings. The molecule has 0 saturated carbocycles. The smallest absolute Gasteiger partial charge is 0.327 e. The Morgan fingerprint density at radius 3 is 2.14 bits per heavy atom. The van der Waals surface area contributed by atoms with Gasteiger partial charge >= 0.3 is 5.97 Å². The van der Waals surface area contributed by atoms with Crippen molar-refractivity contribution in [3.8, 4) is 11.5 Å². The van der Waals surface area contributed by atoms with Crippen LogP contribution in [-0.2, 0) is 19.6 Å². The zero-order chi connectivity index (χ0) is 21.5. The molecule has 1 fully saturated rings. The first-order valence-corrected chi connectivity index (χ1v) is 10.3. The fraction of sp³-hybridized carbons (Fsp3) is 0.278. The molecule has 1 atom stereocenters. The number of carbonyl (C=O) groups is 1. The Hall–Kier alpha value is -2.21. The predicted molar refractivity (Wildman–Crippen MR) is 105 cm³/mol. The number of benzene rings is 2. The predicted octanol–water partition coefficient (Wildman–Crippen LogP) is 2.38. The Morgan fingerprint density at radius 2 is 1.66 bits per heavy atom. The fourth-order valence-corrected chi connectivity index (χ4v) is 4.23. The molecule has 158 valence electrons. The minimum atomic E-state index is -4.04. The Kier molecular flexibility index (Phi) is 7.96. The molecular formula is C18H21ClN2O7S. The number of nitrogens with two attached hydrogens (primary N) is 1. The van der Waals surface area contributed by atoms with Crippen LogP contribution in [0.25, 0.3) is 0 Å². The minimum absolute atomic E-state index is 0.0582. The van der Waals surface area contributed by atoms with Crippen molar-refractivity contribution in [2.24, 2.45) is 5.90 Å². The number of rotatable bonds is 6. The first-order valence-electron chi connectivity index (χ1n) is 8.45. The number of carboxylic acids is 1. The third kappa shape index (κ3) is 5.89. The monoisotopic (exact) mass is 444 g/mol. The van der Waals surface area contributed by atoms with Crippen molar-refractivity contribution < 1.29 is 33.0 Å². The van der Waals surface area contributed by atoms with E-state index in [-0.39, 0.29) is 17.9 Å². The average molecular weight is 445 g/mol. The average Bonchev–Trinajstić information content (AvgIpc) is 2.72. The van der Waals surface area contributed by atoms with E-state index in [0.717, 1.165) is 0 Å². The number of nitrogens with one attached hydrogen (secondary N) is 1. The fourth-order valence-electron chi connectivity index (χ4n) is 2.73. The van der Waals surface area contributed by atoms with Gasteiger partial charge in [0.15, 0.2) is 5.54 Å². The minimum Gasteiger partial charge on any atom is -0.480 e. The van der Waals surface area contributed by atoms with Crippen LogP contribution in [0.4, 0.5) is 0 Å². The van der Waals surface area contributed by atoms with Crippen LogP contribution in [0.2, 0.25) is 5.02 Å². The third-order valence-electron chi connectivity index (χ3n) is 4.16. The van der Waals surface area contributed by atoms with E-state index in [1.54, 1.807) is 24.3 Å². The first kappa shape index (κ1) is 23.1. The third-order valence-corrected chi connectivity index (χ3v) is 5.97. The maximum Gasteiger partial charge on any atom is 0.327 e. The van der Waals surface area contributed by atoms with Crippen molar-refractivity contribution in [1.82, 2.24) is 4.72 Å². The molecule has 29 heavy (non-hydrogen) atoms. The second kappa shape index (κ2) is 10.0. The van der Waals surface area contributed by atoms with Gasteiger partial charge in [-0.2, -0.15) is 4.72 Å². The van der Waals surface area contributed by atoms with E-state index in [0.29, 0.717) is 29.5 Å². The molecule has 0 aromatic heterocycles. The molecule has 0 aliphatic carbocycles. The van der Waals surface area contributed by atoms with Crippen molar-refractivity contribution in [2.75, 3.05) is 13.2 Å². The van der Waals surface area contributed by atoms with Gasteiger partial charge in [-0.05, 0) is 61.4 Å². The van der Waals surface area contributed by atoms with Crippen molar-refractivity contribution >= 4 is 27.6 Å². The summed E-state index contributed by atoms with van der Waals surface area (Å²) in [5, 5.41) is 16.6. The molecule has 0 spiro atoms. The summed E-state index contributed by atoms with van der Waals surface area (Å²) in [4.78, 5) is 11.6. The molecule has 1 unspecified atom stereocenters. The van der Waals surface area contributed by atoms with Gasteiger partial charge in [-0.3, -0.25) is 4.79 Å². The van der Waals surface area contributed by atoms with Gasteiger partial charge in [0.2, 0.25) is 10.0 Å². The first-order chi connectivity index (χ1) is 13.8. The quantitative estimate of drug-likeness (QED) is 0.496. The van der Waals surface area contributed by atoms with Crippen LogP contribution < -0.4 is 15.4 Å². The Labute approximate surface area is 173 Å². The number of sulfonamides is 1. The van der Waals surface area contributed by atoms with E-state index in [2.05, 4.69) is 10.6 Å². The molecule has 0 amide bonds. The van der Waals surface area contributed by atoms with Crippen molar-refractivity contribution in [3.05, 3.63) is 53.6 Å². The lowest BCUT2D eigenvalue weighted by atomic mass is 9.94. The molecule has 0 radical (unpaired) electrons. The molecule has 2 aromatic carbocycles. The van der Waals surface area contributed by atoms with Crippen LogP contribution in [0.15, 0.2) is 53.4 Å². The van der Waals surface area contributed by atoms with Crippen molar-refractivity contribution in [2.45, 2.75) is 23.3 Å². The molecule has 1 aliphatic rings. The van der Waals surface area contributed by atoms with Gasteiger partial charge in [0.05, 0.1) is 11.5 Å². The molecule has 1 saturated heterocycles. The van der Waals surface area contributed by atoms with E-state index in [9.17, 15) is 18.3 Å². The zero-order valence-corrected chi connectivity index (χ0v) is 16.8. The van der Waals surface area contributed by atoms with E-state index in [1.165, 1.54) is 24.3 Å². The summed E-state index contributed by atoms with van der Waals surface area (Å²) in [6.45, 7) is 0.201. The SMILES string of the molecule is NO.O=C(O)C1(NS(=O)(=O)c2ccc(Oc3ccc(Cl)cc3)cc2)CCCOC1. The number of hydrogen-bond donors (Lipinski definition) is 4. The summed E-state index contributed by atoms with van der Waals surface area (Å²) < 4.78 is 38.4. The van der Waals surface area contributed by atoms with E-state index >= 15 is 0 Å². The zero-order valence-electron chi connectivity index (χ0n) is 15.2. The molecule has 5 N–H and O–H groups in total. The number of carboxylic acid groups (broad SMARTS) is 1. The number of ether oxygens (including phenoxy) is 2. The highest BCUT2D eigenvalue weighted by molar-refractivity contribution is 7.89. The molecule has 11 heteroatoms. The van der Waals surface area contributed by atoms with Crippen molar-refractivity contribution in [3.63, 3.8) is 0 Å². The highest BCUT2D eigenvalue weighted by atomic mass is 35.5. The number of halogens is 1. The molecule has 1 heterocycles. The second-order valence-corrected chi connectivity index (χ2v) is 8.30. The highest BCUT2D eigenvalue weighted by Crippen LogP contribution is 2.26. The summed E-state index contributed by atoms with van der Waals surface area (Å²) in [5.41, 5.74) is -1.66. The Balaban J connectivity index is 0.00000145. The summed E-state index contributed by atoms with van der Waals surface area (Å²) in [5.74, 6) is 3.23. The van der Waals surface area contributed by atoms with Gasteiger partial charge in [-0.15, -0.1) is 0 Å². The van der Waals surface area contributed by atoms with Gasteiger partial charge in [0.25, 0.3) is 0 Å². The van der Waals surface area contributed by atoms with Crippen LogP contribution in [0.5, 0.6) is 11.5 Å². The largest absolute Gasteiger partial charge is 0.480 e. The number of hydrogen-bond acceptors (Lipinski definition) is 7. The lowest BCUT2D eigenvalue weighted by molar-refractivity contribution is -0.149. The van der Waals surface area contributed by atoms with Gasteiger partial charge in [0, 0.05) is 11.6 Å². The van der Waals surface area contributed by atoms with Crippen LogP contribution >= 0.6 is 11.6 Å². The lowest BCUT2D eigenvalue weighted by Crippen LogP contribution is -2.59. The van der Waals surface area contributed by atoms with E-state index in [4.69, 9.17) is 26.3 Å². The number of aliphatic carboxylic acids is 1. The lowest BCUT2D eigenvalue weighted by Gasteiger charge is -2.33.